The van der Waals surface area contributed by atoms with Crippen LogP contribution in [0.4, 0.5) is 11.4 Å². The topological polar surface area (TPSA) is 59.0 Å². The minimum atomic E-state index is -0.873. The molecule has 0 unspecified atom stereocenters. The maximum absolute atomic E-state index is 14.4. The molecule has 0 radical (unpaired) electrons. The fourth-order valence-corrected chi connectivity index (χ4v) is 7.23. The third kappa shape index (κ3) is 3.47. The second-order valence-electron chi connectivity index (χ2n) is 10.2. The van der Waals surface area contributed by atoms with Crippen LogP contribution in [0.3, 0.4) is 0 Å². The van der Waals surface area contributed by atoms with E-state index in [9.17, 15) is 9.59 Å². The van der Waals surface area contributed by atoms with E-state index in [1.165, 1.54) is 4.90 Å². The lowest BCUT2D eigenvalue weighted by Crippen LogP contribution is -2.54. The largest absolute Gasteiger partial charge is 0.494 e. The molecule has 1 saturated heterocycles. The molecule has 2 atom stereocenters. The van der Waals surface area contributed by atoms with Crippen molar-refractivity contribution < 1.29 is 14.3 Å². The van der Waals surface area contributed by atoms with Gasteiger partial charge in [0.2, 0.25) is 11.8 Å². The van der Waals surface area contributed by atoms with Crippen LogP contribution in [0.5, 0.6) is 5.75 Å². The number of anilines is 1. The monoisotopic (exact) mass is 624 g/mol. The number of hydrogen-bond acceptors (Lipinski definition) is 4. The van der Waals surface area contributed by atoms with Gasteiger partial charge in [-0.1, -0.05) is 48.5 Å². The highest BCUT2D eigenvalue weighted by atomic mass is 127. The summed E-state index contributed by atoms with van der Waals surface area (Å²) < 4.78 is 6.72. The van der Waals surface area contributed by atoms with E-state index >= 15 is 0 Å². The van der Waals surface area contributed by atoms with Gasteiger partial charge in [0.25, 0.3) is 0 Å². The Morgan fingerprint density at radius 2 is 1.46 bits per heavy atom. The zero-order valence-corrected chi connectivity index (χ0v) is 23.4. The first kappa shape index (κ1) is 24.3. The Bertz CT molecular complexity index is 1600. The summed E-state index contributed by atoms with van der Waals surface area (Å²) in [6.45, 7) is 2.47. The van der Waals surface area contributed by atoms with Crippen LogP contribution >= 0.6 is 22.6 Å². The van der Waals surface area contributed by atoms with Gasteiger partial charge < -0.3 is 4.74 Å². The van der Waals surface area contributed by atoms with Crippen molar-refractivity contribution in [3.63, 3.8) is 0 Å². The third-order valence-electron chi connectivity index (χ3n) is 8.33. The van der Waals surface area contributed by atoms with E-state index in [-0.39, 0.29) is 17.7 Å². The molecular weight excluding hydrogens is 599 g/mol. The van der Waals surface area contributed by atoms with E-state index in [1.807, 2.05) is 73.8 Å². The number of ether oxygens (including phenoxy) is 1. The first-order valence-corrected chi connectivity index (χ1v) is 14.2. The molecule has 2 bridgehead atoms. The van der Waals surface area contributed by atoms with Gasteiger partial charge in [-0.15, -0.1) is 0 Å². The molecule has 0 aromatic heterocycles. The van der Waals surface area contributed by atoms with Crippen molar-refractivity contribution in [2.24, 2.45) is 16.8 Å². The lowest BCUT2D eigenvalue weighted by molar-refractivity contribution is -0.122. The van der Waals surface area contributed by atoms with Gasteiger partial charge in [-0.05, 0) is 100 Å². The van der Waals surface area contributed by atoms with Crippen LogP contribution < -0.4 is 9.64 Å². The SMILES string of the molecule is CCOc1ccc(N2C(=O)[C@@H]3C4c5ccccc5C(C=Nc5ccc(I)cc5)(c5ccccc54)[C@@H]3C2=O)cc1. The number of imide groups is 1. The second-order valence-corrected chi connectivity index (χ2v) is 11.4. The highest BCUT2D eigenvalue weighted by Crippen LogP contribution is 2.63. The van der Waals surface area contributed by atoms with Gasteiger partial charge in [0.05, 0.1) is 35.2 Å². The summed E-state index contributed by atoms with van der Waals surface area (Å²) in [4.78, 5) is 35.0. The minimum Gasteiger partial charge on any atom is -0.494 e. The molecule has 4 aromatic carbocycles. The van der Waals surface area contributed by atoms with Gasteiger partial charge in [-0.2, -0.15) is 0 Å². The van der Waals surface area contributed by atoms with Crippen molar-refractivity contribution in [2.75, 3.05) is 11.5 Å². The van der Waals surface area contributed by atoms with Gasteiger partial charge in [0.15, 0.2) is 0 Å². The maximum Gasteiger partial charge on any atom is 0.239 e. The van der Waals surface area contributed by atoms with Crippen molar-refractivity contribution in [1.82, 2.24) is 0 Å². The van der Waals surface area contributed by atoms with Gasteiger partial charge in [0, 0.05) is 15.7 Å². The molecule has 0 N–H and O–H groups in total. The second kappa shape index (κ2) is 9.16. The first-order chi connectivity index (χ1) is 19.0. The van der Waals surface area contributed by atoms with Crippen LogP contribution in [0.25, 0.3) is 0 Å². The molecule has 4 aromatic rings. The lowest BCUT2D eigenvalue weighted by Gasteiger charge is -2.52. The van der Waals surface area contributed by atoms with Crippen molar-refractivity contribution >= 4 is 52.0 Å². The average molecular weight is 624 g/mol. The molecular formula is C33H25IN2O3. The predicted octanol–water partition coefficient (Wildman–Crippen LogP) is 6.64. The fourth-order valence-electron chi connectivity index (χ4n) is 6.87. The third-order valence-corrected chi connectivity index (χ3v) is 9.05. The molecule has 8 rings (SSSR count). The molecule has 2 amide bonds. The number of benzene rings is 4. The number of rotatable bonds is 5. The summed E-state index contributed by atoms with van der Waals surface area (Å²) in [5.41, 5.74) is 4.81. The molecule has 3 aliphatic carbocycles. The number of aliphatic imine (C=N–C) groups is 1. The van der Waals surface area contributed by atoms with Gasteiger partial charge in [-0.3, -0.25) is 14.6 Å². The van der Waals surface area contributed by atoms with Crippen LogP contribution in [0.1, 0.15) is 35.1 Å². The molecule has 0 saturated carbocycles. The smallest absolute Gasteiger partial charge is 0.239 e. The predicted molar refractivity (Wildman–Crippen MR) is 160 cm³/mol. The summed E-state index contributed by atoms with van der Waals surface area (Å²) in [6.07, 6.45) is 1.94. The Labute approximate surface area is 240 Å². The number of halogens is 1. The highest BCUT2D eigenvalue weighted by Gasteiger charge is 2.67. The number of carbonyl (C=O) groups is 2. The van der Waals surface area contributed by atoms with Crippen LogP contribution in [0.2, 0.25) is 0 Å². The van der Waals surface area contributed by atoms with E-state index in [1.54, 1.807) is 12.1 Å². The van der Waals surface area contributed by atoms with Gasteiger partial charge in [-0.25, -0.2) is 4.90 Å². The molecule has 192 valence electrons. The van der Waals surface area contributed by atoms with Gasteiger partial charge >= 0.3 is 0 Å². The molecule has 0 spiro atoms. The summed E-state index contributed by atoms with van der Waals surface area (Å²) >= 11 is 2.28. The Morgan fingerprint density at radius 1 is 0.846 bits per heavy atom. The summed E-state index contributed by atoms with van der Waals surface area (Å²) in [5, 5.41) is 0. The maximum atomic E-state index is 14.4. The molecule has 39 heavy (non-hydrogen) atoms. The van der Waals surface area contributed by atoms with E-state index in [0.717, 1.165) is 31.5 Å². The van der Waals surface area contributed by atoms with E-state index < -0.39 is 17.3 Å². The number of nitrogens with zero attached hydrogens (tertiary/aromatic N) is 2. The molecule has 1 aliphatic heterocycles. The van der Waals surface area contributed by atoms with Crippen molar-refractivity contribution in [1.29, 1.82) is 0 Å². The van der Waals surface area contributed by atoms with Crippen molar-refractivity contribution in [3.8, 4) is 5.75 Å². The minimum absolute atomic E-state index is 0.157. The van der Waals surface area contributed by atoms with Crippen LogP contribution in [-0.4, -0.2) is 24.6 Å². The van der Waals surface area contributed by atoms with Gasteiger partial charge in [0.1, 0.15) is 5.75 Å². The average Bonchev–Trinajstić information content (AvgIpc) is 3.24. The molecule has 4 aliphatic rings. The molecule has 1 fully saturated rings. The number of hydrogen-bond donors (Lipinski definition) is 0. The normalized spacial score (nSPS) is 24.6. The summed E-state index contributed by atoms with van der Waals surface area (Å²) in [5.74, 6) is -0.942. The van der Waals surface area contributed by atoms with E-state index in [4.69, 9.17) is 9.73 Å². The Hall–Kier alpha value is -3.78. The Morgan fingerprint density at radius 3 is 2.08 bits per heavy atom. The Balaban J connectivity index is 1.44. The number of amides is 2. The quantitative estimate of drug-likeness (QED) is 0.142. The van der Waals surface area contributed by atoms with Crippen LogP contribution in [-0.2, 0) is 15.0 Å². The molecule has 6 heteroatoms. The van der Waals surface area contributed by atoms with E-state index in [2.05, 4.69) is 46.9 Å². The number of carbonyl (C=O) groups excluding carboxylic acids is 2. The Kier molecular flexibility index (Phi) is 5.70. The van der Waals surface area contributed by atoms with Crippen LogP contribution in [0.15, 0.2) is 102 Å². The summed E-state index contributed by atoms with van der Waals surface area (Å²) in [7, 11) is 0. The van der Waals surface area contributed by atoms with Crippen molar-refractivity contribution in [3.05, 3.63) is 123 Å². The fraction of sp³-hybridized carbons (Fsp3) is 0.182. The zero-order chi connectivity index (χ0) is 26.7. The van der Waals surface area contributed by atoms with Crippen LogP contribution in [0, 0.1) is 15.4 Å². The molecule has 5 nitrogen and oxygen atoms in total. The van der Waals surface area contributed by atoms with Crippen molar-refractivity contribution in [2.45, 2.75) is 18.3 Å². The first-order valence-electron chi connectivity index (χ1n) is 13.1. The van der Waals surface area contributed by atoms with E-state index in [0.29, 0.717) is 18.0 Å². The zero-order valence-electron chi connectivity index (χ0n) is 21.3. The lowest BCUT2D eigenvalue weighted by atomic mass is 9.47. The molecule has 1 heterocycles. The summed E-state index contributed by atoms with van der Waals surface area (Å²) in [6, 6.07) is 31.7. The highest BCUT2D eigenvalue weighted by molar-refractivity contribution is 14.1. The standard InChI is InChI=1S/C33H25IN2O3/c1-2-39-23-17-15-22(16-18-23)36-31(37)29-28-24-7-3-5-9-26(24)33(30(29)32(36)38,27-10-6-4-8-25(27)28)19-35-21-13-11-20(34)12-14-21/h3-19,28-30H,2H2,1H3/t28?,29-,30+,33?/m1/s1.